The second kappa shape index (κ2) is 5.88. The van der Waals surface area contributed by atoms with Crippen molar-refractivity contribution in [2.75, 3.05) is 19.6 Å². The van der Waals surface area contributed by atoms with Crippen molar-refractivity contribution in [1.29, 1.82) is 0 Å². The lowest BCUT2D eigenvalue weighted by molar-refractivity contribution is -0.139. The monoisotopic (exact) mass is 358 g/mol. The molecule has 1 aliphatic heterocycles. The summed E-state index contributed by atoms with van der Waals surface area (Å²) in [4.78, 5) is 24.8. The van der Waals surface area contributed by atoms with Crippen LogP contribution in [0.4, 0.5) is 0 Å². The smallest absolute Gasteiger partial charge is 0.307 e. The van der Waals surface area contributed by atoms with Crippen molar-refractivity contribution in [3.05, 3.63) is 17.5 Å². The molecule has 1 aromatic heterocycles. The first-order chi connectivity index (χ1) is 10.8. The lowest BCUT2D eigenvalue weighted by Gasteiger charge is -2.32. The van der Waals surface area contributed by atoms with Gasteiger partial charge in [-0.3, -0.25) is 9.59 Å². The number of hydrogen-bond acceptors (Lipinski definition) is 5. The normalized spacial score (nSPS) is 23.0. The van der Waals surface area contributed by atoms with Gasteiger partial charge in [-0.1, -0.05) is 6.07 Å². The predicted octanol–water partition coefficient (Wildman–Crippen LogP) is 0.740. The number of hydrogen-bond donors (Lipinski definition) is 2. The van der Waals surface area contributed by atoms with Crippen LogP contribution in [0.2, 0.25) is 0 Å². The number of carbonyl (C=O) groups excluding carboxylic acids is 1. The highest BCUT2D eigenvalue weighted by Gasteiger charge is 2.59. The van der Waals surface area contributed by atoms with E-state index in [4.69, 9.17) is 5.11 Å². The molecule has 23 heavy (non-hydrogen) atoms. The molecule has 1 spiro atoms. The number of rotatable bonds is 5. The Bertz CT molecular complexity index is 706. The quantitative estimate of drug-likeness (QED) is 0.808. The van der Waals surface area contributed by atoms with E-state index >= 15 is 0 Å². The summed E-state index contributed by atoms with van der Waals surface area (Å²) in [5.41, 5.74) is -0.140. The van der Waals surface area contributed by atoms with E-state index in [-0.39, 0.29) is 28.0 Å². The minimum Gasteiger partial charge on any atom is -0.481 e. The fourth-order valence-electron chi connectivity index (χ4n) is 3.21. The van der Waals surface area contributed by atoms with Gasteiger partial charge in [-0.25, -0.2) is 13.1 Å². The highest BCUT2D eigenvalue weighted by atomic mass is 32.2. The molecule has 9 heteroatoms. The highest BCUT2D eigenvalue weighted by molar-refractivity contribution is 7.91. The van der Waals surface area contributed by atoms with Crippen LogP contribution in [0.5, 0.6) is 0 Å². The van der Waals surface area contributed by atoms with Gasteiger partial charge in [-0.2, -0.15) is 0 Å². The number of thiophene rings is 1. The van der Waals surface area contributed by atoms with E-state index in [1.165, 1.54) is 6.07 Å². The lowest BCUT2D eigenvalue weighted by Crippen LogP contribution is -2.44. The first-order valence-corrected chi connectivity index (χ1v) is 9.74. The molecule has 1 aromatic rings. The molecule has 2 heterocycles. The van der Waals surface area contributed by atoms with Crippen LogP contribution in [0.3, 0.4) is 0 Å². The summed E-state index contributed by atoms with van der Waals surface area (Å²) in [6.07, 6.45) is 2.04. The summed E-state index contributed by atoms with van der Waals surface area (Å²) in [5, 5.41) is 10.7. The number of amides is 1. The second-order valence-electron chi connectivity index (χ2n) is 6.09. The molecule has 0 bridgehead atoms. The summed E-state index contributed by atoms with van der Waals surface area (Å²) < 4.78 is 26.5. The average molecular weight is 358 g/mol. The van der Waals surface area contributed by atoms with Gasteiger partial charge in [0.1, 0.15) is 4.21 Å². The molecule has 1 saturated carbocycles. The largest absolute Gasteiger partial charge is 0.481 e. The Morgan fingerprint density at radius 3 is 2.61 bits per heavy atom. The van der Waals surface area contributed by atoms with Crippen molar-refractivity contribution in [2.24, 2.45) is 11.3 Å². The molecule has 1 aliphatic carbocycles. The molecular weight excluding hydrogens is 340 g/mol. The Kier molecular flexibility index (Phi) is 4.19. The molecule has 1 unspecified atom stereocenters. The van der Waals surface area contributed by atoms with E-state index in [9.17, 15) is 18.0 Å². The van der Waals surface area contributed by atoms with E-state index in [0.717, 1.165) is 11.3 Å². The molecular formula is C14H18N2O5S2. The number of aliphatic carboxylic acids is 1. The molecule has 0 aromatic carbocycles. The van der Waals surface area contributed by atoms with Crippen molar-refractivity contribution < 1.29 is 23.1 Å². The Morgan fingerprint density at radius 1 is 1.39 bits per heavy atom. The Balaban J connectivity index is 1.50. The van der Waals surface area contributed by atoms with E-state index in [2.05, 4.69) is 4.72 Å². The molecule has 1 atom stereocenters. The van der Waals surface area contributed by atoms with E-state index in [1.807, 2.05) is 0 Å². The van der Waals surface area contributed by atoms with Crippen molar-refractivity contribution in [3.63, 3.8) is 0 Å². The molecule has 2 fully saturated rings. The van der Waals surface area contributed by atoms with Crippen LogP contribution in [0.15, 0.2) is 21.7 Å². The van der Waals surface area contributed by atoms with Crippen LogP contribution < -0.4 is 4.72 Å². The summed E-state index contributed by atoms with van der Waals surface area (Å²) in [6.45, 7) is 0.711. The van der Waals surface area contributed by atoms with Crippen molar-refractivity contribution >= 4 is 33.2 Å². The number of likely N-dealkylation sites (tertiary alicyclic amines) is 1. The third kappa shape index (κ3) is 3.26. The van der Waals surface area contributed by atoms with Gasteiger partial charge in [-0.05, 0) is 36.1 Å². The van der Waals surface area contributed by atoms with E-state index in [1.54, 1.807) is 16.3 Å². The van der Waals surface area contributed by atoms with Crippen LogP contribution >= 0.6 is 11.3 Å². The maximum absolute atomic E-state index is 12.1. The Labute approximate surface area is 138 Å². The zero-order valence-corrected chi connectivity index (χ0v) is 14.0. The minimum absolute atomic E-state index is 0.140. The fourth-order valence-corrected chi connectivity index (χ4v) is 5.22. The molecule has 1 amide bonds. The third-order valence-electron chi connectivity index (χ3n) is 4.77. The topological polar surface area (TPSA) is 104 Å². The van der Waals surface area contributed by atoms with Crippen molar-refractivity contribution in [1.82, 2.24) is 9.62 Å². The molecule has 1 saturated heterocycles. The van der Waals surface area contributed by atoms with Gasteiger partial charge < -0.3 is 10.0 Å². The number of carboxylic acid groups (broad SMARTS) is 1. The van der Waals surface area contributed by atoms with Gasteiger partial charge in [0, 0.05) is 13.1 Å². The molecule has 7 nitrogen and oxygen atoms in total. The maximum atomic E-state index is 12.1. The fraction of sp³-hybridized carbons (Fsp3) is 0.571. The zero-order chi connectivity index (χ0) is 16.7. The van der Waals surface area contributed by atoms with E-state index in [0.29, 0.717) is 32.4 Å². The zero-order valence-electron chi connectivity index (χ0n) is 12.4. The van der Waals surface area contributed by atoms with Gasteiger partial charge in [0.25, 0.3) is 10.0 Å². The lowest BCUT2D eigenvalue weighted by atomic mass is 9.91. The maximum Gasteiger partial charge on any atom is 0.307 e. The number of sulfonamides is 1. The number of piperidine rings is 1. The number of nitrogens with one attached hydrogen (secondary N) is 1. The average Bonchev–Trinajstić information content (AvgIpc) is 2.97. The SMILES string of the molecule is O=C(O)C1CC12CCN(C(=O)CNS(=O)(=O)c1cccs1)CC2. The molecule has 126 valence electrons. The van der Waals surface area contributed by atoms with Gasteiger partial charge in [0.05, 0.1) is 12.5 Å². The van der Waals surface area contributed by atoms with Gasteiger partial charge in [0.2, 0.25) is 5.91 Å². The van der Waals surface area contributed by atoms with Gasteiger partial charge in [0.15, 0.2) is 0 Å². The summed E-state index contributed by atoms with van der Waals surface area (Å²) in [5.74, 6) is -1.31. The molecule has 2 N–H and O–H groups in total. The minimum atomic E-state index is -3.64. The van der Waals surface area contributed by atoms with Crippen LogP contribution in [0.1, 0.15) is 19.3 Å². The highest BCUT2D eigenvalue weighted by Crippen LogP contribution is 2.59. The predicted molar refractivity (Wildman–Crippen MR) is 83.5 cm³/mol. The first kappa shape index (κ1) is 16.4. The molecule has 0 radical (unpaired) electrons. The van der Waals surface area contributed by atoms with E-state index < -0.39 is 16.0 Å². The Morgan fingerprint density at radius 2 is 2.09 bits per heavy atom. The molecule has 2 aliphatic rings. The van der Waals surface area contributed by atoms with Gasteiger partial charge >= 0.3 is 5.97 Å². The number of carboxylic acids is 1. The molecule has 3 rings (SSSR count). The van der Waals surface area contributed by atoms with Crippen molar-refractivity contribution in [3.8, 4) is 0 Å². The number of carbonyl (C=O) groups is 2. The number of nitrogens with zero attached hydrogens (tertiary/aromatic N) is 1. The summed E-state index contributed by atoms with van der Waals surface area (Å²) >= 11 is 1.10. The second-order valence-corrected chi connectivity index (χ2v) is 9.04. The Hall–Kier alpha value is -1.45. The van der Waals surface area contributed by atoms with Crippen LogP contribution in [0, 0.1) is 11.3 Å². The first-order valence-electron chi connectivity index (χ1n) is 7.38. The summed E-state index contributed by atoms with van der Waals surface area (Å²) in [6, 6.07) is 3.13. The van der Waals surface area contributed by atoms with Gasteiger partial charge in [-0.15, -0.1) is 11.3 Å². The van der Waals surface area contributed by atoms with Crippen LogP contribution in [0.25, 0.3) is 0 Å². The van der Waals surface area contributed by atoms with Crippen LogP contribution in [-0.4, -0.2) is 49.9 Å². The van der Waals surface area contributed by atoms with Crippen molar-refractivity contribution in [2.45, 2.75) is 23.5 Å². The third-order valence-corrected chi connectivity index (χ3v) is 7.57. The van der Waals surface area contributed by atoms with Crippen LogP contribution in [-0.2, 0) is 19.6 Å². The summed E-state index contributed by atoms with van der Waals surface area (Å²) in [7, 11) is -3.64. The standard InChI is InChI=1S/C14H18N2O5S2/c17-11(9-15-23(20,21)12-2-1-7-22-12)16-5-3-14(4-6-16)8-10(14)13(18)19/h1-2,7,10,15H,3-6,8-9H2,(H,18,19).